The van der Waals surface area contributed by atoms with Crippen LogP contribution in [0.3, 0.4) is 0 Å². The maximum atomic E-state index is 12.7. The molecule has 6 heteroatoms. The summed E-state index contributed by atoms with van der Waals surface area (Å²) >= 11 is 0. The summed E-state index contributed by atoms with van der Waals surface area (Å²) in [6.07, 6.45) is 2.72. The van der Waals surface area contributed by atoms with Crippen molar-refractivity contribution >= 4 is 17.8 Å². The van der Waals surface area contributed by atoms with Crippen molar-refractivity contribution in [1.82, 2.24) is 5.32 Å². The Morgan fingerprint density at radius 1 is 1.13 bits per heavy atom. The summed E-state index contributed by atoms with van der Waals surface area (Å²) < 4.78 is 9.26. The maximum absolute atomic E-state index is 12.7. The molecule has 1 aliphatic carbocycles. The van der Waals surface area contributed by atoms with E-state index >= 15 is 0 Å². The van der Waals surface area contributed by atoms with Gasteiger partial charge in [0.1, 0.15) is 6.04 Å². The van der Waals surface area contributed by atoms with Gasteiger partial charge in [-0.2, -0.15) is 0 Å². The van der Waals surface area contributed by atoms with Crippen molar-refractivity contribution in [3.8, 4) is 0 Å². The van der Waals surface area contributed by atoms with Gasteiger partial charge in [0.05, 0.1) is 20.6 Å². The lowest BCUT2D eigenvalue weighted by Crippen LogP contribution is -2.48. The smallest absolute Gasteiger partial charge is 0.328 e. The van der Waals surface area contributed by atoms with Gasteiger partial charge in [-0.05, 0) is 30.6 Å². The van der Waals surface area contributed by atoms with E-state index in [2.05, 4.69) is 35.6 Å². The molecular weight excluding hydrogens is 298 g/mol. The van der Waals surface area contributed by atoms with E-state index < -0.39 is 18.0 Å². The van der Waals surface area contributed by atoms with Crippen molar-refractivity contribution in [2.75, 3.05) is 14.2 Å². The number of hydrogen-bond donors (Lipinski definition) is 1. The van der Waals surface area contributed by atoms with Crippen molar-refractivity contribution in [3.63, 3.8) is 0 Å². The molecule has 0 saturated heterocycles. The highest BCUT2D eigenvalue weighted by atomic mass is 16.5. The van der Waals surface area contributed by atoms with Crippen molar-refractivity contribution in [1.29, 1.82) is 0 Å². The van der Waals surface area contributed by atoms with E-state index in [-0.39, 0.29) is 18.2 Å². The Labute approximate surface area is 138 Å². The Morgan fingerprint density at radius 2 is 1.78 bits per heavy atom. The summed E-state index contributed by atoms with van der Waals surface area (Å²) in [4.78, 5) is 35.9. The number of nitrogens with one attached hydrogen (secondary N) is 1. The molecule has 4 unspecified atom stereocenters. The molecule has 1 fully saturated rings. The highest BCUT2D eigenvalue weighted by molar-refractivity contribution is 5.89. The minimum Gasteiger partial charge on any atom is -0.469 e. The molecule has 0 aromatic heterocycles. The van der Waals surface area contributed by atoms with E-state index in [4.69, 9.17) is 0 Å². The molecular formula is C17H29NO5. The van der Waals surface area contributed by atoms with Gasteiger partial charge in [-0.3, -0.25) is 9.59 Å². The molecule has 23 heavy (non-hydrogen) atoms. The SMILES string of the molecule is COC(=O)CC(NC(=O)C1CC(C)CCC1C(C)C)C(=O)OC. The molecule has 1 rings (SSSR count). The normalized spacial score (nSPS) is 25.6. The third kappa shape index (κ3) is 5.52. The van der Waals surface area contributed by atoms with Crippen LogP contribution in [0.2, 0.25) is 0 Å². The second-order valence-electron chi connectivity index (χ2n) is 6.80. The molecule has 1 saturated carbocycles. The summed E-state index contributed by atoms with van der Waals surface area (Å²) in [7, 11) is 2.48. The van der Waals surface area contributed by atoms with E-state index in [1.807, 2.05) is 0 Å². The quantitative estimate of drug-likeness (QED) is 0.754. The monoisotopic (exact) mass is 327 g/mol. The third-order valence-electron chi connectivity index (χ3n) is 4.76. The summed E-state index contributed by atoms with van der Waals surface area (Å²) in [5.41, 5.74) is 0. The van der Waals surface area contributed by atoms with Gasteiger partial charge in [-0.25, -0.2) is 4.79 Å². The predicted octanol–water partition coefficient (Wildman–Crippen LogP) is 1.92. The fourth-order valence-electron chi connectivity index (χ4n) is 3.37. The number of amides is 1. The lowest BCUT2D eigenvalue weighted by atomic mass is 9.69. The maximum Gasteiger partial charge on any atom is 0.328 e. The van der Waals surface area contributed by atoms with E-state index in [0.29, 0.717) is 17.8 Å². The van der Waals surface area contributed by atoms with Crippen LogP contribution in [0.15, 0.2) is 0 Å². The fraction of sp³-hybridized carbons (Fsp3) is 0.824. The molecule has 6 nitrogen and oxygen atoms in total. The van der Waals surface area contributed by atoms with Crippen LogP contribution < -0.4 is 5.32 Å². The van der Waals surface area contributed by atoms with E-state index in [1.54, 1.807) is 0 Å². The molecule has 0 spiro atoms. The molecule has 0 bridgehead atoms. The fourth-order valence-corrected chi connectivity index (χ4v) is 3.37. The van der Waals surface area contributed by atoms with Crippen LogP contribution in [0.5, 0.6) is 0 Å². The van der Waals surface area contributed by atoms with Crippen molar-refractivity contribution < 1.29 is 23.9 Å². The standard InChI is InChI=1S/C17H29NO5/c1-10(2)12-7-6-11(3)8-13(12)16(20)18-14(17(21)23-5)9-15(19)22-4/h10-14H,6-9H2,1-5H3,(H,18,20). The Balaban J connectivity index is 2.82. The molecule has 0 heterocycles. The first-order valence-electron chi connectivity index (χ1n) is 8.25. The van der Waals surface area contributed by atoms with E-state index in [9.17, 15) is 14.4 Å². The largest absolute Gasteiger partial charge is 0.469 e. The van der Waals surface area contributed by atoms with Gasteiger partial charge in [0.25, 0.3) is 0 Å². The van der Waals surface area contributed by atoms with Crippen LogP contribution in [0.4, 0.5) is 0 Å². The first-order chi connectivity index (χ1) is 10.8. The predicted molar refractivity (Wildman–Crippen MR) is 85.4 cm³/mol. The van der Waals surface area contributed by atoms with Crippen molar-refractivity contribution in [3.05, 3.63) is 0 Å². The number of methoxy groups -OCH3 is 2. The average Bonchev–Trinajstić information content (AvgIpc) is 2.52. The molecule has 4 atom stereocenters. The minimum atomic E-state index is -0.995. The number of carbonyl (C=O) groups excluding carboxylic acids is 3. The summed E-state index contributed by atoms with van der Waals surface area (Å²) in [5, 5.41) is 2.69. The number of rotatable bonds is 6. The Hall–Kier alpha value is -1.59. The van der Waals surface area contributed by atoms with Crippen molar-refractivity contribution in [2.24, 2.45) is 23.7 Å². The Morgan fingerprint density at radius 3 is 2.30 bits per heavy atom. The topological polar surface area (TPSA) is 81.7 Å². The van der Waals surface area contributed by atoms with Gasteiger partial charge in [-0.1, -0.05) is 27.2 Å². The number of esters is 2. The van der Waals surface area contributed by atoms with Gasteiger partial charge in [0, 0.05) is 5.92 Å². The third-order valence-corrected chi connectivity index (χ3v) is 4.76. The zero-order valence-corrected chi connectivity index (χ0v) is 14.8. The minimum absolute atomic E-state index is 0.136. The highest BCUT2D eigenvalue weighted by Gasteiger charge is 2.37. The van der Waals surface area contributed by atoms with Gasteiger partial charge >= 0.3 is 11.9 Å². The van der Waals surface area contributed by atoms with Crippen LogP contribution >= 0.6 is 0 Å². The Bertz CT molecular complexity index is 435. The number of ether oxygens (including phenoxy) is 2. The lowest BCUT2D eigenvalue weighted by molar-refractivity contribution is -0.151. The second-order valence-corrected chi connectivity index (χ2v) is 6.80. The molecule has 0 radical (unpaired) electrons. The van der Waals surface area contributed by atoms with Crippen LogP contribution in [0.25, 0.3) is 0 Å². The molecule has 0 aromatic carbocycles. The molecule has 132 valence electrons. The van der Waals surface area contributed by atoms with Crippen LogP contribution in [0, 0.1) is 23.7 Å². The summed E-state index contributed by atoms with van der Waals surface area (Å²) in [6.45, 7) is 6.38. The average molecular weight is 327 g/mol. The van der Waals surface area contributed by atoms with Crippen LogP contribution in [0.1, 0.15) is 46.5 Å². The lowest BCUT2D eigenvalue weighted by Gasteiger charge is -2.36. The van der Waals surface area contributed by atoms with E-state index in [0.717, 1.165) is 19.3 Å². The second kappa shape index (κ2) is 8.89. The zero-order chi connectivity index (χ0) is 17.6. The van der Waals surface area contributed by atoms with Gasteiger partial charge < -0.3 is 14.8 Å². The van der Waals surface area contributed by atoms with Crippen molar-refractivity contribution in [2.45, 2.75) is 52.5 Å². The molecule has 0 aromatic rings. The first kappa shape index (κ1) is 19.5. The van der Waals surface area contributed by atoms with Gasteiger partial charge in [0.15, 0.2) is 0 Å². The molecule has 1 N–H and O–H groups in total. The molecule has 1 aliphatic rings. The van der Waals surface area contributed by atoms with Crippen LogP contribution in [-0.4, -0.2) is 38.1 Å². The van der Waals surface area contributed by atoms with Gasteiger partial charge in [0.2, 0.25) is 5.91 Å². The van der Waals surface area contributed by atoms with Gasteiger partial charge in [-0.15, -0.1) is 0 Å². The highest BCUT2D eigenvalue weighted by Crippen LogP contribution is 2.38. The van der Waals surface area contributed by atoms with E-state index in [1.165, 1.54) is 14.2 Å². The zero-order valence-electron chi connectivity index (χ0n) is 14.8. The summed E-state index contributed by atoms with van der Waals surface area (Å²) in [5.74, 6) is -0.319. The number of carbonyl (C=O) groups is 3. The molecule has 0 aliphatic heterocycles. The Kier molecular flexibility index (Phi) is 7.52. The first-order valence-corrected chi connectivity index (χ1v) is 8.25. The number of hydrogen-bond acceptors (Lipinski definition) is 5. The van der Waals surface area contributed by atoms with Crippen LogP contribution in [-0.2, 0) is 23.9 Å². The summed E-state index contributed by atoms with van der Waals surface area (Å²) in [6, 6.07) is -0.995. The molecule has 1 amide bonds.